The van der Waals surface area contributed by atoms with Gasteiger partial charge in [-0.1, -0.05) is 49.2 Å². The van der Waals surface area contributed by atoms with Crippen LogP contribution in [0.5, 0.6) is 0 Å². The van der Waals surface area contributed by atoms with Gasteiger partial charge in [-0.3, -0.25) is 24.0 Å². The number of nitro benzene ring substituents is 1. The van der Waals surface area contributed by atoms with E-state index in [4.69, 9.17) is 23.2 Å². The molecule has 2 rings (SSSR count). The molecule has 0 aliphatic carbocycles. The summed E-state index contributed by atoms with van der Waals surface area (Å²) in [5.41, 5.74) is 0.452. The van der Waals surface area contributed by atoms with E-state index in [0.717, 1.165) is 16.6 Å². The maximum atomic E-state index is 13.6. The smallest absolute Gasteiger partial charge is 0.271 e. The molecule has 0 aliphatic heterocycles. The minimum absolute atomic E-state index is 0.0160. The number of halogens is 2. The van der Waals surface area contributed by atoms with Crippen molar-refractivity contribution in [3.63, 3.8) is 0 Å². The van der Waals surface area contributed by atoms with E-state index in [9.17, 15) is 28.1 Å². The Hall–Kier alpha value is -2.89. The van der Waals surface area contributed by atoms with Crippen LogP contribution in [0.15, 0.2) is 36.4 Å². The van der Waals surface area contributed by atoms with Gasteiger partial charge < -0.3 is 10.2 Å². The zero-order valence-corrected chi connectivity index (χ0v) is 23.5. The van der Waals surface area contributed by atoms with Crippen LogP contribution in [0.25, 0.3) is 0 Å². The summed E-state index contributed by atoms with van der Waals surface area (Å²) in [6.07, 6.45) is 0.895. The molecular formula is C24H30Cl2N4O6S. The van der Waals surface area contributed by atoms with Crippen LogP contribution in [0.1, 0.15) is 31.9 Å². The number of non-ortho nitro benzene ring substituents is 1. The molecule has 0 saturated heterocycles. The number of anilines is 1. The molecule has 1 N–H and O–H groups in total. The molecule has 0 bridgehead atoms. The first-order valence-corrected chi connectivity index (χ1v) is 14.0. The first-order valence-electron chi connectivity index (χ1n) is 11.4. The van der Waals surface area contributed by atoms with Gasteiger partial charge in [-0.15, -0.1) is 0 Å². The van der Waals surface area contributed by atoms with Crippen molar-refractivity contribution in [2.75, 3.05) is 23.7 Å². The highest BCUT2D eigenvalue weighted by atomic mass is 35.5. The molecule has 0 saturated carbocycles. The van der Waals surface area contributed by atoms with Gasteiger partial charge in [0.2, 0.25) is 21.8 Å². The average molecular weight is 573 g/mol. The van der Waals surface area contributed by atoms with Gasteiger partial charge in [0.05, 0.1) is 16.9 Å². The predicted octanol–water partition coefficient (Wildman–Crippen LogP) is 4.17. The van der Waals surface area contributed by atoms with Crippen LogP contribution in [0.2, 0.25) is 10.0 Å². The van der Waals surface area contributed by atoms with Crippen molar-refractivity contribution in [2.24, 2.45) is 5.92 Å². The van der Waals surface area contributed by atoms with Crippen LogP contribution in [0.4, 0.5) is 11.4 Å². The van der Waals surface area contributed by atoms with Gasteiger partial charge >= 0.3 is 0 Å². The molecular weight excluding hydrogens is 543 g/mol. The van der Waals surface area contributed by atoms with Gasteiger partial charge in [0.25, 0.3) is 5.69 Å². The Balaban J connectivity index is 2.52. The lowest BCUT2D eigenvalue weighted by Gasteiger charge is -2.32. The number of nitrogens with one attached hydrogen (secondary N) is 1. The number of benzene rings is 2. The third-order valence-electron chi connectivity index (χ3n) is 5.59. The number of carbonyl (C=O) groups excluding carboxylic acids is 2. The van der Waals surface area contributed by atoms with Crippen molar-refractivity contribution in [1.82, 2.24) is 10.2 Å². The maximum Gasteiger partial charge on any atom is 0.271 e. The third kappa shape index (κ3) is 8.05. The maximum absolute atomic E-state index is 13.6. The topological polar surface area (TPSA) is 130 Å². The lowest BCUT2D eigenvalue weighted by atomic mass is 10.1. The number of rotatable bonds is 11. The van der Waals surface area contributed by atoms with Gasteiger partial charge in [0.1, 0.15) is 12.6 Å². The van der Waals surface area contributed by atoms with E-state index < -0.39 is 39.3 Å². The van der Waals surface area contributed by atoms with Gasteiger partial charge in [-0.05, 0) is 37.5 Å². The van der Waals surface area contributed by atoms with Crippen molar-refractivity contribution >= 4 is 56.4 Å². The first-order chi connectivity index (χ1) is 17.1. The molecule has 37 heavy (non-hydrogen) atoms. The Morgan fingerprint density at radius 2 is 1.70 bits per heavy atom. The van der Waals surface area contributed by atoms with Gasteiger partial charge in [0.15, 0.2) is 0 Å². The fraction of sp³-hybridized carbons (Fsp3) is 0.417. The summed E-state index contributed by atoms with van der Waals surface area (Å²) in [7, 11) is -4.06. The number of nitrogens with zero attached hydrogens (tertiary/aromatic N) is 3. The van der Waals surface area contributed by atoms with E-state index in [-0.39, 0.29) is 33.9 Å². The average Bonchev–Trinajstić information content (AvgIpc) is 2.80. The summed E-state index contributed by atoms with van der Waals surface area (Å²) in [6, 6.07) is 7.54. The lowest BCUT2D eigenvalue weighted by molar-refractivity contribution is -0.384. The predicted molar refractivity (Wildman–Crippen MR) is 144 cm³/mol. The van der Waals surface area contributed by atoms with Crippen molar-refractivity contribution in [3.05, 3.63) is 67.7 Å². The summed E-state index contributed by atoms with van der Waals surface area (Å²) in [5, 5.41) is 14.6. The summed E-state index contributed by atoms with van der Waals surface area (Å²) < 4.78 is 26.3. The van der Waals surface area contributed by atoms with Crippen LogP contribution in [0.3, 0.4) is 0 Å². The molecule has 0 fully saturated rings. The number of amides is 2. The van der Waals surface area contributed by atoms with Crippen molar-refractivity contribution in [1.29, 1.82) is 0 Å². The highest BCUT2D eigenvalue weighted by Crippen LogP contribution is 2.29. The van der Waals surface area contributed by atoms with E-state index >= 15 is 0 Å². The second-order valence-corrected chi connectivity index (χ2v) is 11.8. The van der Waals surface area contributed by atoms with Gasteiger partial charge in [-0.25, -0.2) is 8.42 Å². The Morgan fingerprint density at radius 1 is 1.11 bits per heavy atom. The fourth-order valence-corrected chi connectivity index (χ4v) is 4.88. The molecule has 202 valence electrons. The monoisotopic (exact) mass is 572 g/mol. The zero-order valence-electron chi connectivity index (χ0n) is 21.2. The standard InChI is InChI=1S/C24H30Cl2N4O6S/c1-15(2)12-27-24(32)17(4)28(13-19-20(25)7-6-8-21(19)26)23(31)14-29(37(5,35)36)22-11-18(30(33)34)10-9-16(22)3/h6-11,15,17H,12-14H2,1-5H3,(H,27,32). The summed E-state index contributed by atoms with van der Waals surface area (Å²) in [5.74, 6) is -1.00. The molecule has 1 atom stereocenters. The SMILES string of the molecule is Cc1ccc([N+](=O)[O-])cc1N(CC(=O)N(Cc1c(Cl)cccc1Cl)C(C)C(=O)NCC(C)C)S(C)(=O)=O. The Morgan fingerprint density at radius 3 is 2.22 bits per heavy atom. The highest BCUT2D eigenvalue weighted by molar-refractivity contribution is 7.92. The molecule has 10 nitrogen and oxygen atoms in total. The van der Waals surface area contributed by atoms with Crippen molar-refractivity contribution < 1.29 is 22.9 Å². The van der Waals surface area contributed by atoms with Crippen LogP contribution in [-0.2, 0) is 26.2 Å². The molecule has 1 unspecified atom stereocenters. The van der Waals surface area contributed by atoms with E-state index in [1.807, 2.05) is 13.8 Å². The Labute approximate surface area is 226 Å². The second kappa shape index (κ2) is 12.6. The minimum atomic E-state index is -4.06. The fourth-order valence-electron chi connectivity index (χ4n) is 3.46. The summed E-state index contributed by atoms with van der Waals surface area (Å²) >= 11 is 12.6. The number of carbonyl (C=O) groups is 2. The van der Waals surface area contributed by atoms with Crippen molar-refractivity contribution in [3.8, 4) is 0 Å². The van der Waals surface area contributed by atoms with Gasteiger partial charge in [0, 0.05) is 40.8 Å². The van der Waals surface area contributed by atoms with E-state index in [0.29, 0.717) is 17.7 Å². The Kier molecular flexibility index (Phi) is 10.3. The quantitative estimate of drug-likeness (QED) is 0.317. The molecule has 0 aliphatic rings. The second-order valence-electron chi connectivity index (χ2n) is 9.03. The highest BCUT2D eigenvalue weighted by Gasteiger charge is 2.32. The van der Waals surface area contributed by atoms with Crippen LogP contribution in [-0.4, -0.2) is 55.4 Å². The molecule has 13 heteroatoms. The normalized spacial score (nSPS) is 12.2. The van der Waals surface area contributed by atoms with Gasteiger partial charge in [-0.2, -0.15) is 0 Å². The largest absolute Gasteiger partial charge is 0.354 e. The van der Waals surface area contributed by atoms with E-state index in [1.54, 1.807) is 25.1 Å². The molecule has 2 aromatic rings. The van der Waals surface area contributed by atoms with E-state index in [2.05, 4.69) is 5.32 Å². The molecule has 0 radical (unpaired) electrons. The number of sulfonamides is 1. The zero-order chi connectivity index (χ0) is 28.1. The van der Waals surface area contributed by atoms with Crippen LogP contribution in [0, 0.1) is 23.0 Å². The minimum Gasteiger partial charge on any atom is -0.354 e. The van der Waals surface area contributed by atoms with Crippen molar-refractivity contribution in [2.45, 2.75) is 40.3 Å². The molecule has 0 aromatic heterocycles. The van der Waals surface area contributed by atoms with Crippen LogP contribution >= 0.6 is 23.2 Å². The third-order valence-corrected chi connectivity index (χ3v) is 7.43. The van der Waals surface area contributed by atoms with E-state index in [1.165, 1.54) is 24.0 Å². The lowest BCUT2D eigenvalue weighted by Crippen LogP contribution is -2.51. The molecule has 2 amide bonds. The number of aryl methyl sites for hydroxylation is 1. The number of hydrogen-bond donors (Lipinski definition) is 1. The Bertz CT molecular complexity index is 1270. The molecule has 0 heterocycles. The number of hydrogen-bond acceptors (Lipinski definition) is 6. The molecule has 0 spiro atoms. The summed E-state index contributed by atoms with van der Waals surface area (Å²) in [4.78, 5) is 38.4. The summed E-state index contributed by atoms with van der Waals surface area (Å²) in [6.45, 7) is 6.43. The molecule has 2 aromatic carbocycles. The number of nitro groups is 1. The first kappa shape index (κ1) is 30.3. The van der Waals surface area contributed by atoms with Crippen LogP contribution < -0.4 is 9.62 Å².